The van der Waals surface area contributed by atoms with Gasteiger partial charge >= 0.3 is 0 Å². The summed E-state index contributed by atoms with van der Waals surface area (Å²) >= 11 is 0. The molecule has 0 radical (unpaired) electrons. The Morgan fingerprint density at radius 2 is 1.95 bits per heavy atom. The molecular weight excluding hydrogens is 279 g/mol. The Morgan fingerprint density at radius 1 is 1.23 bits per heavy atom. The van der Waals surface area contributed by atoms with Crippen molar-refractivity contribution in [3.05, 3.63) is 53.3 Å². The first-order valence-electron chi connectivity index (χ1n) is 7.67. The average Bonchev–Trinajstić information content (AvgIpc) is 2.39. The molecule has 0 heterocycles. The van der Waals surface area contributed by atoms with Gasteiger partial charge in [-0.05, 0) is 54.5 Å². The van der Waals surface area contributed by atoms with Crippen molar-refractivity contribution in [2.24, 2.45) is 0 Å². The summed E-state index contributed by atoms with van der Waals surface area (Å²) in [5.41, 5.74) is 2.75. The molecule has 0 spiro atoms. The van der Waals surface area contributed by atoms with Crippen molar-refractivity contribution in [2.45, 2.75) is 38.5 Å². The number of aromatic hydroxyl groups is 1. The number of carbonyl (C=O) groups excluding carboxylic acids is 1. The van der Waals surface area contributed by atoms with Gasteiger partial charge < -0.3 is 5.11 Å². The molecule has 3 rings (SSSR count). The number of hydrogen-bond acceptors (Lipinski definition) is 2. The molecular formula is C19H19FO2. The maximum absolute atomic E-state index is 14.4. The van der Waals surface area contributed by atoms with E-state index in [0.717, 1.165) is 30.4 Å². The quantitative estimate of drug-likeness (QED) is 0.896. The number of rotatable bonds is 4. The molecule has 2 nitrogen and oxygen atoms in total. The highest BCUT2D eigenvalue weighted by Gasteiger charge is 2.27. The first-order valence-corrected chi connectivity index (χ1v) is 7.67. The largest absolute Gasteiger partial charge is 0.507 e. The van der Waals surface area contributed by atoms with E-state index in [4.69, 9.17) is 0 Å². The van der Waals surface area contributed by atoms with Crippen LogP contribution in [0, 0.1) is 5.82 Å². The summed E-state index contributed by atoms with van der Waals surface area (Å²) in [5, 5.41) is 10.3. The number of halogens is 1. The van der Waals surface area contributed by atoms with Gasteiger partial charge in [0.25, 0.3) is 0 Å². The van der Waals surface area contributed by atoms with Crippen LogP contribution in [-0.2, 0) is 11.2 Å². The van der Waals surface area contributed by atoms with Crippen molar-refractivity contribution in [2.75, 3.05) is 0 Å². The molecule has 0 aliphatic heterocycles. The van der Waals surface area contributed by atoms with Gasteiger partial charge in [0, 0.05) is 12.0 Å². The second-order valence-electron chi connectivity index (χ2n) is 6.02. The summed E-state index contributed by atoms with van der Waals surface area (Å²) in [6, 6.07) is 10.1. The third-order valence-corrected chi connectivity index (χ3v) is 4.40. The molecule has 114 valence electrons. The molecule has 0 amide bonds. The fourth-order valence-electron chi connectivity index (χ4n) is 3.18. The number of carbonyl (C=O) groups is 1. The van der Waals surface area contributed by atoms with E-state index < -0.39 is 0 Å². The Bertz CT molecular complexity index is 717. The van der Waals surface area contributed by atoms with E-state index in [0.29, 0.717) is 11.1 Å². The van der Waals surface area contributed by atoms with Crippen molar-refractivity contribution >= 4 is 5.78 Å². The minimum atomic E-state index is -0.223. The maximum Gasteiger partial charge on any atom is 0.134 e. The summed E-state index contributed by atoms with van der Waals surface area (Å²) in [7, 11) is 0. The number of Topliss-reactive ketones (excluding diaryl/α,β-unsaturated/α-hetero) is 1. The lowest BCUT2D eigenvalue weighted by atomic mass is 9.76. The van der Waals surface area contributed by atoms with E-state index in [2.05, 4.69) is 0 Å². The first-order chi connectivity index (χ1) is 10.6. The van der Waals surface area contributed by atoms with E-state index in [1.54, 1.807) is 18.2 Å². The van der Waals surface area contributed by atoms with E-state index in [1.165, 1.54) is 13.0 Å². The van der Waals surface area contributed by atoms with Crippen molar-refractivity contribution in [1.29, 1.82) is 0 Å². The predicted octanol–water partition coefficient (Wildman–Crippen LogP) is 4.60. The Morgan fingerprint density at radius 3 is 2.59 bits per heavy atom. The highest BCUT2D eigenvalue weighted by Crippen LogP contribution is 2.45. The predicted molar refractivity (Wildman–Crippen MR) is 84.5 cm³/mol. The molecule has 0 atom stereocenters. The van der Waals surface area contributed by atoms with Gasteiger partial charge in [0.1, 0.15) is 17.3 Å². The molecule has 2 aromatic rings. The van der Waals surface area contributed by atoms with Crippen molar-refractivity contribution in [3.8, 4) is 16.9 Å². The number of benzene rings is 2. The van der Waals surface area contributed by atoms with E-state index in [9.17, 15) is 14.3 Å². The smallest absolute Gasteiger partial charge is 0.134 e. The van der Waals surface area contributed by atoms with Gasteiger partial charge in [-0.15, -0.1) is 0 Å². The van der Waals surface area contributed by atoms with Gasteiger partial charge in [-0.25, -0.2) is 4.39 Å². The summed E-state index contributed by atoms with van der Waals surface area (Å²) in [5.74, 6) is 0.110. The molecule has 0 bridgehead atoms. The summed E-state index contributed by atoms with van der Waals surface area (Å²) < 4.78 is 14.4. The molecule has 1 N–H and O–H groups in total. The Balaban J connectivity index is 2.19. The van der Waals surface area contributed by atoms with Crippen LogP contribution in [-0.4, -0.2) is 10.9 Å². The molecule has 1 aliphatic carbocycles. The van der Waals surface area contributed by atoms with Crippen LogP contribution in [0.5, 0.6) is 5.75 Å². The van der Waals surface area contributed by atoms with Crippen LogP contribution in [0.4, 0.5) is 4.39 Å². The Labute approximate surface area is 129 Å². The van der Waals surface area contributed by atoms with Gasteiger partial charge in [-0.1, -0.05) is 30.7 Å². The van der Waals surface area contributed by atoms with Crippen LogP contribution in [0.1, 0.15) is 43.2 Å². The number of ketones is 1. The summed E-state index contributed by atoms with van der Waals surface area (Å²) in [6.45, 7) is 1.52. The topological polar surface area (TPSA) is 37.3 Å². The lowest BCUT2D eigenvalue weighted by Crippen LogP contribution is -2.12. The van der Waals surface area contributed by atoms with Crippen molar-refractivity contribution < 1.29 is 14.3 Å². The van der Waals surface area contributed by atoms with Gasteiger partial charge in [0.15, 0.2) is 0 Å². The molecule has 0 aromatic heterocycles. The van der Waals surface area contributed by atoms with Gasteiger partial charge in [0.2, 0.25) is 0 Å². The second-order valence-corrected chi connectivity index (χ2v) is 6.02. The molecule has 1 saturated carbocycles. The molecule has 0 unspecified atom stereocenters. The van der Waals surface area contributed by atoms with Crippen LogP contribution in [0.3, 0.4) is 0 Å². The normalized spacial score (nSPS) is 14.6. The summed E-state index contributed by atoms with van der Waals surface area (Å²) in [4.78, 5) is 11.5. The van der Waals surface area contributed by atoms with Crippen LogP contribution in [0.25, 0.3) is 11.1 Å². The average molecular weight is 298 g/mol. The third kappa shape index (κ3) is 2.63. The molecule has 3 heteroatoms. The van der Waals surface area contributed by atoms with E-state index >= 15 is 0 Å². The zero-order chi connectivity index (χ0) is 15.7. The first kappa shape index (κ1) is 14.8. The maximum atomic E-state index is 14.4. The fraction of sp³-hybridized carbons (Fsp3) is 0.316. The highest BCUT2D eigenvalue weighted by atomic mass is 19.1. The molecule has 22 heavy (non-hydrogen) atoms. The molecule has 1 fully saturated rings. The van der Waals surface area contributed by atoms with Crippen LogP contribution in [0.2, 0.25) is 0 Å². The molecule has 1 aliphatic rings. The van der Waals surface area contributed by atoms with Crippen molar-refractivity contribution in [3.63, 3.8) is 0 Å². The van der Waals surface area contributed by atoms with Crippen LogP contribution < -0.4 is 0 Å². The standard InChI is InChI=1S/C19H19FO2/c1-12(21)11-14-7-3-10-17(22)19(14)15-8-4-9-16(20)18(15)13-5-2-6-13/h3-4,7-10,13,22H,2,5-6,11H2,1H3. The monoisotopic (exact) mass is 298 g/mol. The minimum Gasteiger partial charge on any atom is -0.507 e. The molecule has 2 aromatic carbocycles. The summed E-state index contributed by atoms with van der Waals surface area (Å²) in [6.07, 6.45) is 3.30. The Hall–Kier alpha value is -2.16. The highest BCUT2D eigenvalue weighted by molar-refractivity contribution is 5.84. The van der Waals surface area contributed by atoms with Gasteiger partial charge in [-0.3, -0.25) is 4.79 Å². The van der Waals surface area contributed by atoms with Gasteiger partial charge in [0.05, 0.1) is 0 Å². The minimum absolute atomic E-state index is 0.0217. The zero-order valence-corrected chi connectivity index (χ0v) is 12.6. The molecule has 0 saturated heterocycles. The van der Waals surface area contributed by atoms with Crippen LogP contribution in [0.15, 0.2) is 36.4 Å². The number of phenolic OH excluding ortho intramolecular Hbond substituents is 1. The number of phenols is 1. The fourth-order valence-corrected chi connectivity index (χ4v) is 3.18. The van der Waals surface area contributed by atoms with E-state index in [1.807, 2.05) is 12.1 Å². The second kappa shape index (κ2) is 5.91. The van der Waals surface area contributed by atoms with Crippen molar-refractivity contribution in [1.82, 2.24) is 0 Å². The number of hydrogen-bond donors (Lipinski definition) is 1. The van der Waals surface area contributed by atoms with Gasteiger partial charge in [-0.2, -0.15) is 0 Å². The van der Waals surface area contributed by atoms with Crippen LogP contribution >= 0.6 is 0 Å². The lowest BCUT2D eigenvalue weighted by Gasteiger charge is -2.29. The lowest BCUT2D eigenvalue weighted by molar-refractivity contribution is -0.116. The SMILES string of the molecule is CC(=O)Cc1cccc(O)c1-c1cccc(F)c1C1CCC1. The van der Waals surface area contributed by atoms with E-state index in [-0.39, 0.29) is 29.7 Å². The third-order valence-electron chi connectivity index (χ3n) is 4.40. The zero-order valence-electron chi connectivity index (χ0n) is 12.6. The Kier molecular flexibility index (Phi) is 3.97.